The van der Waals surface area contributed by atoms with Crippen molar-refractivity contribution in [1.29, 1.82) is 0 Å². The van der Waals surface area contributed by atoms with Gasteiger partial charge < -0.3 is 14.7 Å². The molecule has 24 heavy (non-hydrogen) atoms. The molecule has 0 bridgehead atoms. The predicted octanol–water partition coefficient (Wildman–Crippen LogP) is 1.43. The second-order valence-corrected chi connectivity index (χ2v) is 6.25. The number of para-hydroxylation sites is 1. The van der Waals surface area contributed by atoms with Crippen LogP contribution in [0.2, 0.25) is 0 Å². The number of rotatable bonds is 7. The molecular weight excluding hydrogens is 334 g/mol. The predicted molar refractivity (Wildman–Crippen MR) is 90.3 cm³/mol. The van der Waals surface area contributed by atoms with Gasteiger partial charge in [0.25, 0.3) is 10.9 Å². The van der Waals surface area contributed by atoms with Crippen LogP contribution in [0.4, 0.5) is 10.5 Å². The Morgan fingerprint density at radius 1 is 1.25 bits per heavy atom. The van der Waals surface area contributed by atoms with E-state index in [0.717, 1.165) is 31.4 Å². The Bertz CT molecular complexity index is 564. The molecule has 0 unspecified atom stereocenters. The second kappa shape index (κ2) is 9.58. The van der Waals surface area contributed by atoms with E-state index in [4.69, 9.17) is 9.84 Å². The summed E-state index contributed by atoms with van der Waals surface area (Å²) >= 11 is 0.905. The van der Waals surface area contributed by atoms with Crippen molar-refractivity contribution in [1.82, 2.24) is 9.80 Å². The molecule has 1 fully saturated rings. The fourth-order valence-electron chi connectivity index (χ4n) is 2.37. The van der Waals surface area contributed by atoms with Crippen LogP contribution in [0.5, 0.6) is 0 Å². The highest BCUT2D eigenvalue weighted by Gasteiger charge is 2.24. The lowest BCUT2D eigenvalue weighted by Crippen LogP contribution is -2.48. The van der Waals surface area contributed by atoms with E-state index in [2.05, 4.69) is 4.90 Å². The fourth-order valence-corrected chi connectivity index (χ4v) is 3.26. The number of ether oxygens (including phenoxy) is 1. The first-order chi connectivity index (χ1) is 11.6. The van der Waals surface area contributed by atoms with Crippen LogP contribution in [0.3, 0.4) is 0 Å². The van der Waals surface area contributed by atoms with Crippen LogP contribution >= 0.6 is 11.8 Å². The minimum Gasteiger partial charge on any atom is -0.394 e. The maximum atomic E-state index is 12.3. The van der Waals surface area contributed by atoms with Crippen molar-refractivity contribution >= 4 is 22.7 Å². The molecule has 2 rings (SSSR count). The highest BCUT2D eigenvalue weighted by atomic mass is 32.2. The van der Waals surface area contributed by atoms with Gasteiger partial charge in [-0.1, -0.05) is 12.1 Å². The van der Waals surface area contributed by atoms with Crippen LogP contribution in [-0.4, -0.2) is 77.6 Å². The van der Waals surface area contributed by atoms with E-state index < -0.39 is 4.92 Å². The highest BCUT2D eigenvalue weighted by Crippen LogP contribution is 2.30. The average Bonchev–Trinajstić information content (AvgIpc) is 2.59. The lowest BCUT2D eigenvalue weighted by Gasteiger charge is -2.34. The fraction of sp³-hybridized carbons (Fsp3) is 0.533. The highest BCUT2D eigenvalue weighted by molar-refractivity contribution is 8.13. The summed E-state index contributed by atoms with van der Waals surface area (Å²) in [7, 11) is 0. The number of carbonyl (C=O) groups excluding carboxylic acids is 1. The summed E-state index contributed by atoms with van der Waals surface area (Å²) in [6.07, 6.45) is 0. The third kappa shape index (κ3) is 5.45. The molecular formula is C15H21N3O5S. The lowest BCUT2D eigenvalue weighted by molar-refractivity contribution is -0.387. The van der Waals surface area contributed by atoms with E-state index in [0.29, 0.717) is 31.2 Å². The molecule has 132 valence electrons. The number of thioether (sulfide) groups is 1. The molecule has 0 radical (unpaired) electrons. The SMILES string of the molecule is O=C(Sc1ccccc1[N+](=O)[O-])N1CCN(CCOCCO)CC1. The maximum Gasteiger partial charge on any atom is 0.286 e. The van der Waals surface area contributed by atoms with Crippen molar-refractivity contribution < 1.29 is 19.6 Å². The van der Waals surface area contributed by atoms with Crippen LogP contribution in [0, 0.1) is 10.1 Å². The Morgan fingerprint density at radius 2 is 1.96 bits per heavy atom. The zero-order valence-corrected chi connectivity index (χ0v) is 14.1. The van der Waals surface area contributed by atoms with Crippen LogP contribution in [0.25, 0.3) is 0 Å². The van der Waals surface area contributed by atoms with Gasteiger partial charge in [0.05, 0.1) is 29.6 Å². The summed E-state index contributed by atoms with van der Waals surface area (Å²) in [4.78, 5) is 27.1. The van der Waals surface area contributed by atoms with Gasteiger partial charge in [0, 0.05) is 38.8 Å². The molecule has 9 heteroatoms. The van der Waals surface area contributed by atoms with E-state index in [1.807, 2.05) is 0 Å². The van der Waals surface area contributed by atoms with Gasteiger partial charge in [0.1, 0.15) is 0 Å². The summed E-state index contributed by atoms with van der Waals surface area (Å²) < 4.78 is 5.23. The summed E-state index contributed by atoms with van der Waals surface area (Å²) in [5.41, 5.74) is -0.0458. The van der Waals surface area contributed by atoms with Gasteiger partial charge in [-0.3, -0.25) is 19.8 Å². The first-order valence-corrected chi connectivity index (χ1v) is 8.54. The van der Waals surface area contributed by atoms with Crippen molar-refractivity contribution in [2.24, 2.45) is 0 Å². The molecule has 0 saturated carbocycles. The molecule has 1 aromatic carbocycles. The van der Waals surface area contributed by atoms with Crippen molar-refractivity contribution in [3.63, 3.8) is 0 Å². The monoisotopic (exact) mass is 355 g/mol. The molecule has 8 nitrogen and oxygen atoms in total. The van der Waals surface area contributed by atoms with E-state index in [9.17, 15) is 14.9 Å². The Hall–Kier alpha value is -1.68. The molecule has 0 spiro atoms. The van der Waals surface area contributed by atoms with Crippen LogP contribution in [0.1, 0.15) is 0 Å². The first kappa shape index (κ1) is 18.7. The Balaban J connectivity index is 1.80. The smallest absolute Gasteiger partial charge is 0.286 e. The standard InChI is InChI=1S/C15H21N3O5S/c19-10-12-23-11-9-16-5-7-17(8-6-16)15(20)24-14-4-2-1-3-13(14)18(21)22/h1-4,19H,5-12H2. The Labute approximate surface area is 144 Å². The second-order valence-electron chi connectivity index (χ2n) is 5.26. The van der Waals surface area contributed by atoms with E-state index in [1.54, 1.807) is 23.1 Å². The first-order valence-electron chi connectivity index (χ1n) is 7.73. The number of piperazine rings is 1. The van der Waals surface area contributed by atoms with E-state index in [-0.39, 0.29) is 17.5 Å². The zero-order valence-electron chi connectivity index (χ0n) is 13.3. The Morgan fingerprint density at radius 3 is 2.62 bits per heavy atom. The van der Waals surface area contributed by atoms with Gasteiger partial charge in [-0.15, -0.1) is 0 Å². The number of nitrogens with zero attached hydrogens (tertiary/aromatic N) is 3. The van der Waals surface area contributed by atoms with Gasteiger partial charge in [-0.25, -0.2) is 0 Å². The third-order valence-corrected chi connectivity index (χ3v) is 4.68. The summed E-state index contributed by atoms with van der Waals surface area (Å²) in [6.45, 7) is 4.34. The lowest BCUT2D eigenvalue weighted by atomic mass is 10.3. The summed E-state index contributed by atoms with van der Waals surface area (Å²) in [6, 6.07) is 6.27. The molecule has 1 aliphatic rings. The van der Waals surface area contributed by atoms with Crippen LogP contribution in [0.15, 0.2) is 29.2 Å². The van der Waals surface area contributed by atoms with Crippen molar-refractivity contribution in [2.45, 2.75) is 4.90 Å². The molecule has 1 N–H and O–H groups in total. The van der Waals surface area contributed by atoms with Gasteiger partial charge in [-0.05, 0) is 17.8 Å². The number of hydrogen-bond acceptors (Lipinski definition) is 7. The van der Waals surface area contributed by atoms with Gasteiger partial charge >= 0.3 is 0 Å². The average molecular weight is 355 g/mol. The number of nitro benzene ring substituents is 1. The van der Waals surface area contributed by atoms with E-state index >= 15 is 0 Å². The molecule has 1 heterocycles. The van der Waals surface area contributed by atoms with Crippen molar-refractivity contribution in [2.75, 3.05) is 52.5 Å². The van der Waals surface area contributed by atoms with E-state index in [1.165, 1.54) is 6.07 Å². The molecule has 1 amide bonds. The minimum absolute atomic E-state index is 0.0190. The van der Waals surface area contributed by atoms with Crippen molar-refractivity contribution in [3.05, 3.63) is 34.4 Å². The van der Waals surface area contributed by atoms with Crippen molar-refractivity contribution in [3.8, 4) is 0 Å². The minimum atomic E-state index is -0.472. The molecule has 1 aliphatic heterocycles. The third-order valence-electron chi connectivity index (χ3n) is 3.68. The molecule has 0 atom stereocenters. The largest absolute Gasteiger partial charge is 0.394 e. The number of hydrogen-bond donors (Lipinski definition) is 1. The number of aliphatic hydroxyl groups excluding tert-OH is 1. The van der Waals surface area contributed by atoms with Gasteiger partial charge in [0.15, 0.2) is 0 Å². The molecule has 1 aromatic rings. The number of carbonyl (C=O) groups is 1. The maximum absolute atomic E-state index is 12.3. The van der Waals surface area contributed by atoms with Gasteiger partial charge in [0.2, 0.25) is 0 Å². The molecule has 0 aliphatic carbocycles. The molecule has 0 aromatic heterocycles. The normalized spacial score (nSPS) is 15.5. The topological polar surface area (TPSA) is 96.2 Å². The molecule has 1 saturated heterocycles. The summed E-state index contributed by atoms with van der Waals surface area (Å²) in [5.74, 6) is 0. The number of amides is 1. The number of nitro groups is 1. The van der Waals surface area contributed by atoms with Crippen LogP contribution < -0.4 is 0 Å². The van der Waals surface area contributed by atoms with Gasteiger partial charge in [-0.2, -0.15) is 0 Å². The number of aliphatic hydroxyl groups is 1. The number of benzene rings is 1. The van der Waals surface area contributed by atoms with Crippen LogP contribution in [-0.2, 0) is 4.74 Å². The Kier molecular flexibility index (Phi) is 7.44. The summed E-state index contributed by atoms with van der Waals surface area (Å²) in [5, 5.41) is 19.5. The zero-order chi connectivity index (χ0) is 17.4. The quantitative estimate of drug-likeness (QED) is 0.342.